The van der Waals surface area contributed by atoms with Gasteiger partial charge in [-0.2, -0.15) is 0 Å². The van der Waals surface area contributed by atoms with Crippen LogP contribution in [-0.2, 0) is 29.0 Å². The van der Waals surface area contributed by atoms with Crippen molar-refractivity contribution in [2.45, 2.75) is 38.9 Å². The maximum atomic E-state index is 12.0. The second-order valence-corrected chi connectivity index (χ2v) is 7.18. The lowest BCUT2D eigenvalue weighted by Gasteiger charge is -2.21. The number of aromatic hydroxyl groups is 1. The van der Waals surface area contributed by atoms with Crippen molar-refractivity contribution >= 4 is 5.91 Å². The minimum atomic E-state index is -0.227. The molecule has 0 saturated heterocycles. The number of carbonyl (C=O) groups is 1. The Labute approximate surface area is 170 Å². The first-order chi connectivity index (χ1) is 14.0. The number of phenols is 1. The molecule has 9 heteroatoms. The van der Waals surface area contributed by atoms with Crippen LogP contribution in [0.1, 0.15) is 36.6 Å². The van der Waals surface area contributed by atoms with Crippen LogP contribution in [0.4, 0.5) is 0 Å². The highest BCUT2D eigenvalue weighted by atomic mass is 16.5. The summed E-state index contributed by atoms with van der Waals surface area (Å²) in [5, 5.41) is 21.8. The molecule has 0 fully saturated rings. The fourth-order valence-electron chi connectivity index (χ4n) is 3.50. The highest BCUT2D eigenvalue weighted by molar-refractivity contribution is 5.76. The second-order valence-electron chi connectivity index (χ2n) is 7.18. The average Bonchev–Trinajstić information content (AvgIpc) is 3.02. The topological polar surface area (TPSA) is 102 Å². The lowest BCUT2D eigenvalue weighted by molar-refractivity contribution is -0.122. The van der Waals surface area contributed by atoms with Crippen LogP contribution < -0.4 is 10.1 Å². The zero-order chi connectivity index (χ0) is 20.8. The third-order valence-electron chi connectivity index (χ3n) is 5.13. The van der Waals surface area contributed by atoms with Crippen LogP contribution in [0.3, 0.4) is 0 Å². The Morgan fingerprint density at radius 2 is 2.10 bits per heavy atom. The van der Waals surface area contributed by atoms with Gasteiger partial charge in [0.2, 0.25) is 5.91 Å². The fourth-order valence-corrected chi connectivity index (χ4v) is 3.50. The molecule has 0 aliphatic carbocycles. The van der Waals surface area contributed by atoms with Crippen LogP contribution >= 0.6 is 0 Å². The molecule has 1 unspecified atom stereocenters. The van der Waals surface area contributed by atoms with Gasteiger partial charge in [0.1, 0.15) is 17.3 Å². The van der Waals surface area contributed by atoms with Gasteiger partial charge in [-0.3, -0.25) is 9.69 Å². The minimum absolute atomic E-state index is 0.0690. The van der Waals surface area contributed by atoms with Crippen molar-refractivity contribution in [1.82, 2.24) is 25.0 Å². The summed E-state index contributed by atoms with van der Waals surface area (Å²) < 4.78 is 12.3. The molecule has 29 heavy (non-hydrogen) atoms. The molecule has 2 aromatic rings. The molecular formula is C20H29N5O4. The van der Waals surface area contributed by atoms with Gasteiger partial charge in [0.15, 0.2) is 5.82 Å². The summed E-state index contributed by atoms with van der Waals surface area (Å²) in [5.41, 5.74) is 0.834. The molecule has 1 aromatic carbocycles. The van der Waals surface area contributed by atoms with Gasteiger partial charge >= 0.3 is 0 Å². The Balaban J connectivity index is 1.64. The number of nitrogens with zero attached hydrogens (tertiary/aromatic N) is 4. The first-order valence-corrected chi connectivity index (χ1v) is 9.80. The van der Waals surface area contributed by atoms with Gasteiger partial charge in [-0.25, -0.2) is 0 Å². The number of hydrogen-bond donors (Lipinski definition) is 2. The zero-order valence-electron chi connectivity index (χ0n) is 17.2. The van der Waals surface area contributed by atoms with E-state index >= 15 is 0 Å². The molecule has 1 aliphatic rings. The van der Waals surface area contributed by atoms with Crippen LogP contribution in [0.5, 0.6) is 11.5 Å². The van der Waals surface area contributed by atoms with E-state index in [0.717, 1.165) is 49.0 Å². The largest absolute Gasteiger partial charge is 0.508 e. The van der Waals surface area contributed by atoms with Crippen molar-refractivity contribution in [2.75, 3.05) is 33.9 Å². The van der Waals surface area contributed by atoms with E-state index in [1.807, 2.05) is 13.0 Å². The summed E-state index contributed by atoms with van der Waals surface area (Å²) >= 11 is 0. The maximum Gasteiger partial charge on any atom is 0.222 e. The van der Waals surface area contributed by atoms with E-state index in [2.05, 4.69) is 25.0 Å². The van der Waals surface area contributed by atoms with Gasteiger partial charge in [-0.15, -0.1) is 10.2 Å². The quantitative estimate of drug-likeness (QED) is 0.684. The lowest BCUT2D eigenvalue weighted by atomic mass is 10.1. The molecule has 0 spiro atoms. The number of methoxy groups -OCH3 is 2. The first kappa shape index (κ1) is 21.1. The van der Waals surface area contributed by atoms with E-state index in [4.69, 9.17) is 9.47 Å². The predicted molar refractivity (Wildman–Crippen MR) is 107 cm³/mol. The number of rotatable bonds is 8. The third kappa shape index (κ3) is 5.24. The van der Waals surface area contributed by atoms with Gasteiger partial charge in [-0.05, 0) is 25.1 Å². The molecular weight excluding hydrogens is 374 g/mol. The van der Waals surface area contributed by atoms with Gasteiger partial charge in [0.05, 0.1) is 19.8 Å². The summed E-state index contributed by atoms with van der Waals surface area (Å²) in [6.07, 6.45) is 1.07. The van der Waals surface area contributed by atoms with Crippen LogP contribution in [0, 0.1) is 0 Å². The van der Waals surface area contributed by atoms with Crippen LogP contribution in [0.15, 0.2) is 18.2 Å². The number of ether oxygens (including phenoxy) is 2. The fraction of sp³-hybridized carbons (Fsp3) is 0.550. The molecule has 1 amide bonds. The van der Waals surface area contributed by atoms with E-state index in [1.54, 1.807) is 26.4 Å². The summed E-state index contributed by atoms with van der Waals surface area (Å²) in [5.74, 6) is 2.60. The van der Waals surface area contributed by atoms with Gasteiger partial charge in [0, 0.05) is 51.7 Å². The van der Waals surface area contributed by atoms with E-state index in [9.17, 15) is 9.90 Å². The molecule has 158 valence electrons. The number of aromatic nitrogens is 3. The SMILES string of the molecule is COCCC(=O)NC(C)c1nnc2n1CCN(Cc1cc(OC)ccc1O)CC2. The predicted octanol–water partition coefficient (Wildman–Crippen LogP) is 1.26. The summed E-state index contributed by atoms with van der Waals surface area (Å²) in [6, 6.07) is 5.04. The molecule has 3 rings (SSSR count). The van der Waals surface area contributed by atoms with Crippen LogP contribution in [-0.4, -0.2) is 64.6 Å². The van der Waals surface area contributed by atoms with E-state index in [0.29, 0.717) is 19.6 Å². The Bertz CT molecular complexity index is 838. The molecule has 0 radical (unpaired) electrons. The van der Waals surface area contributed by atoms with E-state index in [1.165, 1.54) is 0 Å². The molecule has 0 bridgehead atoms. The van der Waals surface area contributed by atoms with Crippen molar-refractivity contribution in [3.05, 3.63) is 35.4 Å². The van der Waals surface area contributed by atoms with Crippen molar-refractivity contribution in [3.63, 3.8) is 0 Å². The molecule has 1 atom stereocenters. The van der Waals surface area contributed by atoms with E-state index < -0.39 is 0 Å². The number of nitrogens with one attached hydrogen (secondary N) is 1. The smallest absolute Gasteiger partial charge is 0.222 e. The highest BCUT2D eigenvalue weighted by Gasteiger charge is 2.23. The molecule has 1 aliphatic heterocycles. The van der Waals surface area contributed by atoms with Crippen molar-refractivity contribution < 1.29 is 19.4 Å². The molecule has 0 saturated carbocycles. The van der Waals surface area contributed by atoms with Gasteiger partial charge < -0.3 is 24.5 Å². The summed E-state index contributed by atoms with van der Waals surface area (Å²) in [4.78, 5) is 14.3. The van der Waals surface area contributed by atoms with Gasteiger partial charge in [-0.1, -0.05) is 0 Å². The number of fused-ring (bicyclic) bond motifs is 1. The summed E-state index contributed by atoms with van der Waals surface area (Å²) in [6.45, 7) is 5.25. The minimum Gasteiger partial charge on any atom is -0.508 e. The van der Waals surface area contributed by atoms with Crippen LogP contribution in [0.25, 0.3) is 0 Å². The Hall–Kier alpha value is -2.65. The van der Waals surface area contributed by atoms with E-state index in [-0.39, 0.29) is 17.7 Å². The number of amides is 1. The Morgan fingerprint density at radius 3 is 2.86 bits per heavy atom. The average molecular weight is 403 g/mol. The zero-order valence-corrected chi connectivity index (χ0v) is 17.2. The standard InChI is InChI=1S/C20H29N5O4/c1-14(21-19(27)7-11-28-2)20-23-22-18-6-8-24(9-10-25(18)20)13-15-12-16(29-3)4-5-17(15)26/h4-5,12,14,26H,6-11,13H2,1-3H3,(H,21,27). The lowest BCUT2D eigenvalue weighted by Crippen LogP contribution is -2.30. The monoisotopic (exact) mass is 403 g/mol. The highest BCUT2D eigenvalue weighted by Crippen LogP contribution is 2.25. The third-order valence-corrected chi connectivity index (χ3v) is 5.13. The Kier molecular flexibility index (Phi) is 7.05. The van der Waals surface area contributed by atoms with Gasteiger partial charge in [0.25, 0.3) is 0 Å². The number of carbonyl (C=O) groups excluding carboxylic acids is 1. The number of phenolic OH excluding ortho intramolecular Hbond substituents is 1. The van der Waals surface area contributed by atoms with Crippen molar-refractivity contribution in [3.8, 4) is 11.5 Å². The normalized spacial score (nSPS) is 15.4. The van der Waals surface area contributed by atoms with Crippen molar-refractivity contribution in [2.24, 2.45) is 0 Å². The van der Waals surface area contributed by atoms with Crippen LogP contribution in [0.2, 0.25) is 0 Å². The maximum absolute atomic E-state index is 12.0. The molecule has 2 N–H and O–H groups in total. The second kappa shape index (κ2) is 9.71. The Morgan fingerprint density at radius 1 is 1.28 bits per heavy atom. The first-order valence-electron chi connectivity index (χ1n) is 9.80. The number of benzene rings is 1. The molecule has 1 aromatic heterocycles. The molecule has 9 nitrogen and oxygen atoms in total. The molecule has 2 heterocycles. The summed E-state index contributed by atoms with van der Waals surface area (Å²) in [7, 11) is 3.19. The van der Waals surface area contributed by atoms with Crippen molar-refractivity contribution in [1.29, 1.82) is 0 Å². The number of hydrogen-bond acceptors (Lipinski definition) is 7.